The van der Waals surface area contributed by atoms with Gasteiger partial charge in [-0.1, -0.05) is 13.8 Å². The van der Waals surface area contributed by atoms with Gasteiger partial charge in [0.25, 0.3) is 0 Å². The second-order valence-electron chi connectivity index (χ2n) is 5.19. The van der Waals surface area contributed by atoms with Gasteiger partial charge in [-0.15, -0.1) is 0 Å². The van der Waals surface area contributed by atoms with E-state index >= 15 is 0 Å². The maximum Gasteiger partial charge on any atom is 0.165 e. The van der Waals surface area contributed by atoms with Crippen molar-refractivity contribution in [2.45, 2.75) is 39.2 Å². The van der Waals surface area contributed by atoms with Crippen molar-refractivity contribution in [3.05, 3.63) is 23.5 Å². The van der Waals surface area contributed by atoms with Crippen molar-refractivity contribution in [1.29, 1.82) is 0 Å². The highest BCUT2D eigenvalue weighted by Gasteiger charge is 2.27. The topological polar surface area (TPSA) is 38.7 Å². The fraction of sp³-hybridized carbons (Fsp3) is 0.571. The molecule has 0 bridgehead atoms. The van der Waals surface area contributed by atoms with Gasteiger partial charge in [0.1, 0.15) is 5.82 Å². The summed E-state index contributed by atoms with van der Waals surface area (Å²) in [6, 6.07) is 2.67. The van der Waals surface area contributed by atoms with Crippen molar-refractivity contribution < 1.29 is 19.0 Å². The van der Waals surface area contributed by atoms with Gasteiger partial charge in [0.05, 0.1) is 19.8 Å². The molecule has 0 saturated carbocycles. The Morgan fingerprint density at radius 1 is 1.33 bits per heavy atom. The van der Waals surface area contributed by atoms with Crippen molar-refractivity contribution in [3.8, 4) is 11.5 Å². The number of aliphatic hydroxyl groups is 1. The van der Waals surface area contributed by atoms with Crippen LogP contribution in [0.4, 0.5) is 4.39 Å². The second kappa shape index (κ2) is 5.57. The number of ether oxygens (including phenoxy) is 2. The summed E-state index contributed by atoms with van der Waals surface area (Å²) in [6.45, 7) is 7.33. The Kier molecular flexibility index (Phi) is 4.57. The molecule has 1 aromatic carbocycles. The van der Waals surface area contributed by atoms with E-state index in [1.165, 1.54) is 19.2 Å². The summed E-state index contributed by atoms with van der Waals surface area (Å²) < 4.78 is 24.5. The molecule has 0 saturated heterocycles. The lowest BCUT2D eigenvalue weighted by molar-refractivity contribution is 0.196. The summed E-state index contributed by atoms with van der Waals surface area (Å²) in [5.41, 5.74) is 0.00938. The van der Waals surface area contributed by atoms with Crippen LogP contribution in [-0.2, 0) is 5.41 Å². The first-order valence-electron chi connectivity index (χ1n) is 5.97. The molecular weight excluding hydrogens is 235 g/mol. The third-order valence-electron chi connectivity index (χ3n) is 2.72. The van der Waals surface area contributed by atoms with Gasteiger partial charge in [0.2, 0.25) is 0 Å². The van der Waals surface area contributed by atoms with E-state index in [9.17, 15) is 9.50 Å². The van der Waals surface area contributed by atoms with E-state index in [1.807, 2.05) is 27.7 Å². The Balaban J connectivity index is 3.41. The number of halogens is 1. The van der Waals surface area contributed by atoms with Crippen LogP contribution in [0.15, 0.2) is 12.1 Å². The quantitative estimate of drug-likeness (QED) is 0.880. The molecule has 3 nitrogen and oxygen atoms in total. The van der Waals surface area contributed by atoms with Gasteiger partial charge in [0.15, 0.2) is 11.5 Å². The van der Waals surface area contributed by atoms with E-state index in [0.717, 1.165) is 0 Å². The zero-order chi connectivity index (χ0) is 13.9. The van der Waals surface area contributed by atoms with Crippen LogP contribution < -0.4 is 9.47 Å². The van der Waals surface area contributed by atoms with Crippen LogP contribution >= 0.6 is 0 Å². The first-order chi connectivity index (χ1) is 8.31. The predicted octanol–water partition coefficient (Wildman–Crippen LogP) is 2.89. The molecule has 18 heavy (non-hydrogen) atoms. The highest BCUT2D eigenvalue weighted by atomic mass is 19.1. The monoisotopic (exact) mass is 256 g/mol. The van der Waals surface area contributed by atoms with Gasteiger partial charge in [-0.25, -0.2) is 4.39 Å². The average Bonchev–Trinajstić information content (AvgIpc) is 2.30. The van der Waals surface area contributed by atoms with Crippen LogP contribution in [-0.4, -0.2) is 24.9 Å². The molecule has 102 valence electrons. The molecule has 4 heteroatoms. The molecule has 0 atom stereocenters. The summed E-state index contributed by atoms with van der Waals surface area (Å²) in [4.78, 5) is 0. The molecule has 0 amide bonds. The van der Waals surface area contributed by atoms with E-state index in [4.69, 9.17) is 9.47 Å². The number of rotatable bonds is 5. The van der Waals surface area contributed by atoms with Crippen molar-refractivity contribution in [1.82, 2.24) is 0 Å². The van der Waals surface area contributed by atoms with Gasteiger partial charge in [0, 0.05) is 17.0 Å². The summed E-state index contributed by atoms with van der Waals surface area (Å²) in [7, 11) is 1.47. The van der Waals surface area contributed by atoms with Crippen molar-refractivity contribution >= 4 is 0 Å². The molecule has 0 aliphatic heterocycles. The Morgan fingerprint density at radius 2 is 1.94 bits per heavy atom. The fourth-order valence-corrected chi connectivity index (χ4v) is 1.67. The van der Waals surface area contributed by atoms with Crippen LogP contribution in [0.25, 0.3) is 0 Å². The lowest BCUT2D eigenvalue weighted by Crippen LogP contribution is -2.24. The average molecular weight is 256 g/mol. The minimum absolute atomic E-state index is 0.0578. The molecule has 0 unspecified atom stereocenters. The second-order valence-corrected chi connectivity index (χ2v) is 5.19. The van der Waals surface area contributed by atoms with Crippen molar-refractivity contribution in [2.75, 3.05) is 13.7 Å². The Morgan fingerprint density at radius 3 is 2.39 bits per heavy atom. The summed E-state index contributed by atoms with van der Waals surface area (Å²) in [5, 5.41) is 9.44. The lowest BCUT2D eigenvalue weighted by Gasteiger charge is -2.27. The number of methoxy groups -OCH3 is 1. The first kappa shape index (κ1) is 14.8. The minimum Gasteiger partial charge on any atom is -0.493 e. The van der Waals surface area contributed by atoms with Crippen molar-refractivity contribution in [3.63, 3.8) is 0 Å². The highest BCUT2D eigenvalue weighted by Crippen LogP contribution is 2.39. The summed E-state index contributed by atoms with van der Waals surface area (Å²) in [6.07, 6.45) is -0.0578. The number of aliphatic hydroxyl groups excluding tert-OH is 1. The molecule has 1 rings (SSSR count). The maximum absolute atomic E-state index is 13.6. The zero-order valence-corrected chi connectivity index (χ0v) is 11.6. The molecular formula is C14H21FO3. The normalized spacial score (nSPS) is 11.8. The largest absolute Gasteiger partial charge is 0.493 e. The lowest BCUT2D eigenvalue weighted by atomic mass is 9.84. The molecule has 0 aliphatic carbocycles. The van der Waals surface area contributed by atoms with Crippen LogP contribution in [0, 0.1) is 5.82 Å². The first-order valence-corrected chi connectivity index (χ1v) is 5.97. The SMILES string of the molecule is COc1cc(F)cc(C(C)(C)CO)c1OC(C)C. The van der Waals surface area contributed by atoms with Gasteiger partial charge >= 0.3 is 0 Å². The molecule has 0 aromatic heterocycles. The van der Waals surface area contributed by atoms with Gasteiger partial charge in [-0.05, 0) is 19.9 Å². The van der Waals surface area contributed by atoms with Crippen LogP contribution in [0.1, 0.15) is 33.3 Å². The van der Waals surface area contributed by atoms with Crippen molar-refractivity contribution in [2.24, 2.45) is 0 Å². The highest BCUT2D eigenvalue weighted by molar-refractivity contribution is 5.50. The van der Waals surface area contributed by atoms with Crippen LogP contribution in [0.3, 0.4) is 0 Å². The van der Waals surface area contributed by atoms with E-state index in [2.05, 4.69) is 0 Å². The van der Waals surface area contributed by atoms with Crippen LogP contribution in [0.2, 0.25) is 0 Å². The smallest absolute Gasteiger partial charge is 0.165 e. The summed E-state index contributed by atoms with van der Waals surface area (Å²) in [5.74, 6) is 0.438. The van der Waals surface area contributed by atoms with Crippen LogP contribution in [0.5, 0.6) is 11.5 Å². The third kappa shape index (κ3) is 3.13. The molecule has 0 fully saturated rings. The molecule has 0 heterocycles. The van der Waals surface area contributed by atoms with E-state index < -0.39 is 11.2 Å². The molecule has 1 aromatic rings. The maximum atomic E-state index is 13.6. The van der Waals surface area contributed by atoms with Gasteiger partial charge in [-0.2, -0.15) is 0 Å². The summed E-state index contributed by atoms with van der Waals surface area (Å²) >= 11 is 0. The predicted molar refractivity (Wildman–Crippen MR) is 68.8 cm³/mol. The molecule has 1 N–H and O–H groups in total. The number of benzene rings is 1. The van der Waals surface area contributed by atoms with E-state index in [0.29, 0.717) is 17.1 Å². The van der Waals surface area contributed by atoms with E-state index in [1.54, 1.807) is 0 Å². The number of hydrogen-bond acceptors (Lipinski definition) is 3. The number of hydrogen-bond donors (Lipinski definition) is 1. The Bertz CT molecular complexity index is 414. The van der Waals surface area contributed by atoms with E-state index in [-0.39, 0.29) is 12.7 Å². The molecule has 0 radical (unpaired) electrons. The van der Waals surface area contributed by atoms with Gasteiger partial charge in [-0.3, -0.25) is 0 Å². The molecule has 0 aliphatic rings. The minimum atomic E-state index is -0.598. The Hall–Kier alpha value is -1.29. The molecule has 0 spiro atoms. The fourth-order valence-electron chi connectivity index (χ4n) is 1.67. The standard InChI is InChI=1S/C14H21FO3/c1-9(2)18-13-11(14(3,4)8-16)6-10(15)7-12(13)17-5/h6-7,9,16H,8H2,1-5H3. The third-order valence-corrected chi connectivity index (χ3v) is 2.72. The zero-order valence-electron chi connectivity index (χ0n) is 11.6. The Labute approximate surface area is 108 Å². The van der Waals surface area contributed by atoms with Gasteiger partial charge < -0.3 is 14.6 Å².